The number of aryl methyl sites for hydroxylation is 4. The summed E-state index contributed by atoms with van der Waals surface area (Å²) in [5.41, 5.74) is 3.76. The van der Waals surface area contributed by atoms with Gasteiger partial charge in [0.2, 0.25) is 10.0 Å². The lowest BCUT2D eigenvalue weighted by Crippen LogP contribution is -2.49. The van der Waals surface area contributed by atoms with Gasteiger partial charge in [0, 0.05) is 31.9 Å². The van der Waals surface area contributed by atoms with Gasteiger partial charge >= 0.3 is 0 Å². The second-order valence-corrected chi connectivity index (χ2v) is 9.66. The molecule has 3 heterocycles. The minimum absolute atomic E-state index is 0.385. The first-order valence-electron chi connectivity index (χ1n) is 9.95. The van der Waals surface area contributed by atoms with Gasteiger partial charge in [-0.25, -0.2) is 13.1 Å². The zero-order valence-electron chi connectivity index (χ0n) is 17.7. The van der Waals surface area contributed by atoms with Gasteiger partial charge in [-0.1, -0.05) is 17.7 Å². The molecule has 0 bridgehead atoms. The Hall–Kier alpha value is -2.78. The van der Waals surface area contributed by atoms with Crippen LogP contribution in [-0.2, 0) is 10.0 Å². The number of rotatable bonds is 4. The highest BCUT2D eigenvalue weighted by atomic mass is 32.2. The second-order valence-electron chi connectivity index (χ2n) is 7.75. The maximum absolute atomic E-state index is 13.1. The normalized spacial score (nSPS) is 15.5. The van der Waals surface area contributed by atoms with Crippen LogP contribution in [0.1, 0.15) is 22.5 Å². The van der Waals surface area contributed by atoms with Crippen LogP contribution in [0.5, 0.6) is 0 Å². The molecule has 2 aromatic heterocycles. The molecule has 1 aliphatic rings. The summed E-state index contributed by atoms with van der Waals surface area (Å²) in [6.07, 6.45) is 0. The summed E-state index contributed by atoms with van der Waals surface area (Å²) in [6, 6.07) is 11.2. The van der Waals surface area contributed by atoms with Crippen molar-refractivity contribution in [2.45, 2.75) is 32.6 Å². The minimum atomic E-state index is -3.50. The van der Waals surface area contributed by atoms with Crippen molar-refractivity contribution in [1.82, 2.24) is 24.3 Å². The van der Waals surface area contributed by atoms with E-state index in [1.54, 1.807) is 15.1 Å². The first kappa shape index (κ1) is 20.5. The average Bonchev–Trinajstić information content (AvgIpc) is 3.06. The quantitative estimate of drug-likeness (QED) is 0.637. The third-order valence-corrected chi connectivity index (χ3v) is 7.43. The van der Waals surface area contributed by atoms with E-state index in [-0.39, 0.29) is 0 Å². The lowest BCUT2D eigenvalue weighted by Gasteiger charge is -2.34. The Morgan fingerprint density at radius 3 is 2.07 bits per heavy atom. The van der Waals surface area contributed by atoms with Crippen LogP contribution in [0.25, 0.3) is 5.82 Å². The van der Waals surface area contributed by atoms with Crippen molar-refractivity contribution in [2.24, 2.45) is 0 Å². The number of benzene rings is 1. The van der Waals surface area contributed by atoms with E-state index in [2.05, 4.69) is 20.2 Å². The first-order valence-corrected chi connectivity index (χ1v) is 11.4. The van der Waals surface area contributed by atoms with E-state index in [9.17, 15) is 8.42 Å². The molecule has 0 saturated carbocycles. The summed E-state index contributed by atoms with van der Waals surface area (Å²) < 4.78 is 29.5. The van der Waals surface area contributed by atoms with Crippen LogP contribution >= 0.6 is 0 Å². The van der Waals surface area contributed by atoms with E-state index in [1.807, 2.05) is 58.0 Å². The molecule has 1 aromatic carbocycles. The van der Waals surface area contributed by atoms with Crippen molar-refractivity contribution < 1.29 is 8.42 Å². The molecule has 0 aliphatic carbocycles. The summed E-state index contributed by atoms with van der Waals surface area (Å²) in [6.45, 7) is 9.69. The van der Waals surface area contributed by atoms with Crippen molar-refractivity contribution in [1.29, 1.82) is 0 Å². The SMILES string of the molecule is Cc1ccc(S(=O)(=O)N2CCN(c3ccc(-n4nc(C)cc4C)nn3)CC2)c(C)c1. The Kier molecular flexibility index (Phi) is 5.33. The van der Waals surface area contributed by atoms with Crippen molar-refractivity contribution in [3.05, 3.63) is 58.9 Å². The van der Waals surface area contributed by atoms with Crippen molar-refractivity contribution >= 4 is 15.8 Å². The van der Waals surface area contributed by atoms with Crippen LogP contribution in [0, 0.1) is 27.7 Å². The molecule has 1 fully saturated rings. The number of piperazine rings is 1. The Morgan fingerprint density at radius 2 is 1.50 bits per heavy atom. The zero-order chi connectivity index (χ0) is 21.5. The molecule has 8 nitrogen and oxygen atoms in total. The van der Waals surface area contributed by atoms with Crippen LogP contribution < -0.4 is 4.90 Å². The highest BCUT2D eigenvalue weighted by Gasteiger charge is 2.30. The molecule has 9 heteroatoms. The summed E-state index contributed by atoms with van der Waals surface area (Å²) in [5.74, 6) is 1.41. The average molecular weight is 427 g/mol. The molecule has 0 unspecified atom stereocenters. The molecule has 3 aromatic rings. The standard InChI is InChI=1S/C21H26N6O2S/c1-15-5-6-19(16(2)13-15)30(28,29)26-11-9-25(10-12-26)20-7-8-21(23-22-20)27-18(4)14-17(3)24-27/h5-8,13-14H,9-12H2,1-4H3. The lowest BCUT2D eigenvalue weighted by atomic mass is 10.2. The third-order valence-electron chi connectivity index (χ3n) is 5.37. The van der Waals surface area contributed by atoms with Gasteiger partial charge in [-0.15, -0.1) is 10.2 Å². The van der Waals surface area contributed by atoms with Crippen molar-refractivity contribution in [2.75, 3.05) is 31.1 Å². The molecule has 1 saturated heterocycles. The molecule has 0 amide bonds. The number of hydrogen-bond donors (Lipinski definition) is 0. The highest BCUT2D eigenvalue weighted by molar-refractivity contribution is 7.89. The summed E-state index contributed by atoms with van der Waals surface area (Å²) in [4.78, 5) is 2.45. The van der Waals surface area contributed by atoms with Gasteiger partial charge in [0.1, 0.15) is 0 Å². The molecule has 1 aliphatic heterocycles. The van der Waals surface area contributed by atoms with Crippen LogP contribution in [0.15, 0.2) is 41.3 Å². The van der Waals surface area contributed by atoms with Gasteiger partial charge < -0.3 is 4.90 Å². The molecule has 4 rings (SSSR count). The van der Waals surface area contributed by atoms with E-state index in [0.717, 1.165) is 28.3 Å². The Labute approximate surface area is 177 Å². The smallest absolute Gasteiger partial charge is 0.243 e. The predicted molar refractivity (Wildman–Crippen MR) is 116 cm³/mol. The molecule has 30 heavy (non-hydrogen) atoms. The minimum Gasteiger partial charge on any atom is -0.352 e. The first-order chi connectivity index (χ1) is 14.3. The monoisotopic (exact) mass is 426 g/mol. The molecule has 0 N–H and O–H groups in total. The number of sulfonamides is 1. The van der Waals surface area contributed by atoms with Gasteiger partial charge in [0.25, 0.3) is 0 Å². The topological polar surface area (TPSA) is 84.2 Å². The van der Waals surface area contributed by atoms with E-state index in [1.165, 1.54) is 0 Å². The number of aromatic nitrogens is 4. The summed E-state index contributed by atoms with van der Waals surface area (Å²) in [7, 11) is -3.50. The summed E-state index contributed by atoms with van der Waals surface area (Å²) in [5, 5.41) is 13.1. The van der Waals surface area contributed by atoms with Gasteiger partial charge in [0.15, 0.2) is 11.6 Å². The Balaban J connectivity index is 1.46. The molecular formula is C21H26N6O2S. The number of anilines is 1. The van der Waals surface area contributed by atoms with Crippen LogP contribution in [0.2, 0.25) is 0 Å². The predicted octanol–water partition coefficient (Wildman–Crippen LogP) is 2.41. The highest BCUT2D eigenvalue weighted by Crippen LogP contribution is 2.23. The fraction of sp³-hybridized carbons (Fsp3) is 0.381. The van der Waals surface area contributed by atoms with E-state index >= 15 is 0 Å². The largest absolute Gasteiger partial charge is 0.352 e. The van der Waals surface area contributed by atoms with E-state index < -0.39 is 10.0 Å². The van der Waals surface area contributed by atoms with Gasteiger partial charge in [0.05, 0.1) is 10.6 Å². The van der Waals surface area contributed by atoms with Crippen molar-refractivity contribution in [3.8, 4) is 5.82 Å². The molecule has 158 valence electrons. The van der Waals surface area contributed by atoms with Gasteiger partial charge in [-0.05, 0) is 57.5 Å². The van der Waals surface area contributed by atoms with Crippen LogP contribution in [-0.4, -0.2) is 58.9 Å². The fourth-order valence-corrected chi connectivity index (χ4v) is 5.47. The van der Waals surface area contributed by atoms with Gasteiger partial charge in [-0.3, -0.25) is 0 Å². The third kappa shape index (κ3) is 3.82. The maximum atomic E-state index is 13.1. The molecule has 0 atom stereocenters. The Bertz CT molecular complexity index is 1160. The van der Waals surface area contributed by atoms with E-state index in [0.29, 0.717) is 36.9 Å². The Morgan fingerprint density at radius 1 is 0.833 bits per heavy atom. The zero-order valence-corrected chi connectivity index (χ0v) is 18.5. The molecular weight excluding hydrogens is 400 g/mol. The second kappa shape index (κ2) is 7.81. The van der Waals surface area contributed by atoms with Crippen LogP contribution in [0.3, 0.4) is 0 Å². The number of nitrogens with zero attached hydrogens (tertiary/aromatic N) is 6. The fourth-order valence-electron chi connectivity index (χ4n) is 3.85. The summed E-state index contributed by atoms with van der Waals surface area (Å²) >= 11 is 0. The lowest BCUT2D eigenvalue weighted by molar-refractivity contribution is 0.383. The van der Waals surface area contributed by atoms with E-state index in [4.69, 9.17) is 0 Å². The molecule has 0 radical (unpaired) electrons. The maximum Gasteiger partial charge on any atom is 0.243 e. The van der Waals surface area contributed by atoms with Crippen LogP contribution in [0.4, 0.5) is 5.82 Å². The number of hydrogen-bond acceptors (Lipinski definition) is 6. The van der Waals surface area contributed by atoms with Crippen molar-refractivity contribution in [3.63, 3.8) is 0 Å². The molecule has 0 spiro atoms. The van der Waals surface area contributed by atoms with Gasteiger partial charge in [-0.2, -0.15) is 9.40 Å².